The summed E-state index contributed by atoms with van der Waals surface area (Å²) >= 11 is 1.87. The number of hydrogen-bond acceptors (Lipinski definition) is 2. The number of aromatic nitrogens is 1. The van der Waals surface area contributed by atoms with Crippen molar-refractivity contribution in [2.75, 3.05) is 0 Å². The number of pyridine rings is 1. The zero-order chi connectivity index (χ0) is 23.2. The molecular weight excluding hydrogens is 442 g/mol. The molecule has 0 aliphatic carbocycles. The molecule has 1 aromatic heterocycles. The van der Waals surface area contributed by atoms with E-state index in [4.69, 9.17) is 0 Å². The largest absolute Gasteiger partial charge is 0.264 e. The Hall–Kier alpha value is -4.14. The van der Waals surface area contributed by atoms with Crippen LogP contribution in [0.5, 0.6) is 0 Å². The van der Waals surface area contributed by atoms with Crippen LogP contribution in [0.3, 0.4) is 0 Å². The minimum absolute atomic E-state index is 1.19. The summed E-state index contributed by atoms with van der Waals surface area (Å²) in [6, 6.07) is 41.4. The van der Waals surface area contributed by atoms with Crippen LogP contribution in [0.4, 0.5) is 0 Å². The number of nitrogens with zero attached hydrogens (tertiary/aromatic N) is 1. The van der Waals surface area contributed by atoms with Gasteiger partial charge < -0.3 is 0 Å². The van der Waals surface area contributed by atoms with Gasteiger partial charge in [-0.1, -0.05) is 115 Å². The summed E-state index contributed by atoms with van der Waals surface area (Å²) in [4.78, 5) is 7.08. The molecule has 7 rings (SSSR count). The topological polar surface area (TPSA) is 12.9 Å². The van der Waals surface area contributed by atoms with E-state index in [1.54, 1.807) is 0 Å². The molecule has 0 fully saturated rings. The molecule has 1 nitrogen and oxygen atoms in total. The summed E-state index contributed by atoms with van der Waals surface area (Å²) in [5.41, 5.74) is 2.46. The lowest BCUT2D eigenvalue weighted by Gasteiger charge is -2.17. The van der Waals surface area contributed by atoms with E-state index in [-0.39, 0.29) is 0 Å². The maximum absolute atomic E-state index is 4.54. The highest BCUT2D eigenvalue weighted by Gasteiger charge is 2.17. The first-order valence-electron chi connectivity index (χ1n) is 11.8. The van der Waals surface area contributed by atoms with E-state index in [2.05, 4.69) is 120 Å². The Morgan fingerprint density at radius 2 is 1.11 bits per heavy atom. The molecule has 164 valence electrons. The van der Waals surface area contributed by atoms with E-state index >= 15 is 0 Å². The van der Waals surface area contributed by atoms with Gasteiger partial charge in [0.15, 0.2) is 0 Å². The number of hydrogen-bond donors (Lipinski definition) is 0. The van der Waals surface area contributed by atoms with Gasteiger partial charge in [-0.15, -0.1) is 0 Å². The molecular formula is C33H21NS. The second-order valence-electron chi connectivity index (χ2n) is 8.78. The Bertz CT molecular complexity index is 1820. The van der Waals surface area contributed by atoms with Gasteiger partial charge >= 0.3 is 0 Å². The molecule has 0 amide bonds. The zero-order valence-corrected chi connectivity index (χ0v) is 19.8. The van der Waals surface area contributed by atoms with Crippen molar-refractivity contribution in [1.82, 2.24) is 4.98 Å². The number of benzene rings is 6. The first kappa shape index (κ1) is 20.3. The van der Waals surface area contributed by atoms with Gasteiger partial charge in [-0.3, -0.25) is 4.98 Å². The van der Waals surface area contributed by atoms with E-state index in [9.17, 15) is 0 Å². The fraction of sp³-hybridized carbons (Fsp3) is 0. The van der Waals surface area contributed by atoms with Crippen molar-refractivity contribution >= 4 is 54.9 Å². The second-order valence-corrected chi connectivity index (χ2v) is 9.83. The van der Waals surface area contributed by atoms with Gasteiger partial charge in [0.25, 0.3) is 0 Å². The fourth-order valence-corrected chi connectivity index (χ4v) is 6.49. The maximum atomic E-state index is 4.54. The molecule has 35 heavy (non-hydrogen) atoms. The van der Waals surface area contributed by atoms with Crippen LogP contribution in [0.2, 0.25) is 0 Å². The fourth-order valence-electron chi connectivity index (χ4n) is 5.22. The van der Waals surface area contributed by atoms with E-state index in [1.165, 1.54) is 64.0 Å². The summed E-state index contributed by atoms with van der Waals surface area (Å²) in [5, 5.41) is 10.1. The van der Waals surface area contributed by atoms with Gasteiger partial charge in [0.05, 0.1) is 0 Å². The van der Waals surface area contributed by atoms with Gasteiger partial charge in [-0.25, -0.2) is 0 Å². The Morgan fingerprint density at radius 1 is 0.486 bits per heavy atom. The lowest BCUT2D eigenvalue weighted by atomic mass is 9.93. The minimum atomic E-state index is 1.19. The highest BCUT2D eigenvalue weighted by molar-refractivity contribution is 8.00. The van der Waals surface area contributed by atoms with Crippen LogP contribution in [-0.4, -0.2) is 4.98 Å². The van der Waals surface area contributed by atoms with Crippen LogP contribution in [0.25, 0.3) is 54.2 Å². The standard InChI is InChI=1S/C33H21NS/c1-2-10-22(11-3-1)32-27-16-8-9-17-28(27)33(29-18-19-34-21-30(29)32)35-31-20-23-12-4-5-13-24(23)25-14-6-7-15-26(25)31/h1-21H. The molecule has 6 aromatic carbocycles. The summed E-state index contributed by atoms with van der Waals surface area (Å²) in [6.45, 7) is 0. The van der Waals surface area contributed by atoms with Crippen molar-refractivity contribution in [3.8, 4) is 11.1 Å². The molecule has 2 heteroatoms. The summed E-state index contributed by atoms with van der Waals surface area (Å²) in [6.07, 6.45) is 3.93. The van der Waals surface area contributed by atoms with Crippen molar-refractivity contribution in [2.45, 2.75) is 9.79 Å². The van der Waals surface area contributed by atoms with Gasteiger partial charge in [-0.05, 0) is 61.0 Å². The third-order valence-corrected chi connectivity index (χ3v) is 7.98. The molecule has 0 saturated heterocycles. The van der Waals surface area contributed by atoms with Crippen LogP contribution in [0.1, 0.15) is 0 Å². The molecule has 0 unspecified atom stereocenters. The molecule has 1 heterocycles. The average molecular weight is 464 g/mol. The minimum Gasteiger partial charge on any atom is -0.264 e. The normalized spacial score (nSPS) is 11.5. The van der Waals surface area contributed by atoms with Gasteiger partial charge in [-0.2, -0.15) is 0 Å². The van der Waals surface area contributed by atoms with Crippen LogP contribution >= 0.6 is 11.8 Å². The SMILES string of the molecule is c1ccc(-c2c3ccccc3c(Sc3cc4ccccc4c4ccccc34)c3ccncc23)cc1. The molecule has 0 bridgehead atoms. The Morgan fingerprint density at radius 3 is 1.94 bits per heavy atom. The lowest BCUT2D eigenvalue weighted by molar-refractivity contribution is 1.36. The molecule has 0 spiro atoms. The van der Waals surface area contributed by atoms with Crippen molar-refractivity contribution in [3.05, 3.63) is 128 Å². The molecule has 0 aliphatic rings. The third kappa shape index (κ3) is 3.30. The first-order chi connectivity index (χ1) is 17.4. The third-order valence-electron chi connectivity index (χ3n) is 6.78. The van der Waals surface area contributed by atoms with Crippen LogP contribution in [-0.2, 0) is 0 Å². The predicted molar refractivity (Wildman–Crippen MR) is 150 cm³/mol. The van der Waals surface area contributed by atoms with Crippen molar-refractivity contribution in [3.63, 3.8) is 0 Å². The van der Waals surface area contributed by atoms with Crippen LogP contribution in [0, 0.1) is 0 Å². The predicted octanol–water partition coefficient (Wildman–Crippen LogP) is 9.51. The van der Waals surface area contributed by atoms with Crippen molar-refractivity contribution in [2.24, 2.45) is 0 Å². The van der Waals surface area contributed by atoms with E-state index in [1.807, 2.05) is 24.2 Å². The highest BCUT2D eigenvalue weighted by atomic mass is 32.2. The lowest BCUT2D eigenvalue weighted by Crippen LogP contribution is -1.90. The molecule has 0 aliphatic heterocycles. The molecule has 0 atom stereocenters. The average Bonchev–Trinajstić information content (AvgIpc) is 2.93. The smallest absolute Gasteiger partial charge is 0.0353 e. The van der Waals surface area contributed by atoms with Gasteiger partial charge in [0.1, 0.15) is 0 Å². The molecule has 0 radical (unpaired) electrons. The molecule has 0 saturated carbocycles. The summed E-state index contributed by atoms with van der Waals surface area (Å²) in [7, 11) is 0. The molecule has 0 N–H and O–H groups in total. The van der Waals surface area contributed by atoms with Crippen molar-refractivity contribution < 1.29 is 0 Å². The van der Waals surface area contributed by atoms with Gasteiger partial charge in [0, 0.05) is 27.6 Å². The van der Waals surface area contributed by atoms with Gasteiger partial charge in [0.2, 0.25) is 0 Å². The monoisotopic (exact) mass is 463 g/mol. The summed E-state index contributed by atoms with van der Waals surface area (Å²) < 4.78 is 0. The number of rotatable bonds is 3. The number of fused-ring (bicyclic) bond motifs is 5. The Balaban J connectivity index is 1.56. The second kappa shape index (κ2) is 8.26. The quantitative estimate of drug-likeness (QED) is 0.191. The van der Waals surface area contributed by atoms with E-state index < -0.39 is 0 Å². The maximum Gasteiger partial charge on any atom is 0.0353 e. The molecule has 7 aromatic rings. The van der Waals surface area contributed by atoms with Crippen molar-refractivity contribution in [1.29, 1.82) is 0 Å². The summed E-state index contributed by atoms with van der Waals surface area (Å²) in [5.74, 6) is 0. The highest BCUT2D eigenvalue weighted by Crippen LogP contribution is 2.46. The Kier molecular flexibility index (Phi) is 4.78. The zero-order valence-electron chi connectivity index (χ0n) is 19.0. The first-order valence-corrected chi connectivity index (χ1v) is 12.6. The Labute approximate surface area is 208 Å². The van der Waals surface area contributed by atoms with Crippen LogP contribution < -0.4 is 0 Å². The van der Waals surface area contributed by atoms with Crippen LogP contribution in [0.15, 0.2) is 137 Å². The van der Waals surface area contributed by atoms with E-state index in [0.717, 1.165) is 0 Å². The van der Waals surface area contributed by atoms with E-state index in [0.29, 0.717) is 0 Å².